The maximum Gasteiger partial charge on any atom is 0.307 e. The van der Waals surface area contributed by atoms with Gasteiger partial charge >= 0.3 is 5.97 Å². The number of hydrogen-bond donors (Lipinski definition) is 2. The van der Waals surface area contributed by atoms with E-state index < -0.39 is 15.8 Å². The second-order valence-corrected chi connectivity index (χ2v) is 8.04. The first-order chi connectivity index (χ1) is 10.7. The number of hydrogen-bond acceptors (Lipinski definition) is 5. The number of nitrogens with one attached hydrogen (secondary N) is 1. The normalized spacial score (nSPS) is 16.3. The van der Waals surface area contributed by atoms with Gasteiger partial charge in [0.1, 0.15) is 5.75 Å². The Morgan fingerprint density at radius 3 is 2.30 bits per heavy atom. The molecule has 7 heteroatoms. The molecule has 1 saturated heterocycles. The van der Waals surface area contributed by atoms with Crippen LogP contribution in [0, 0.1) is 6.92 Å². The van der Waals surface area contributed by atoms with Crippen molar-refractivity contribution in [2.75, 3.05) is 24.6 Å². The number of ether oxygens (including phenoxy) is 1. The minimum atomic E-state index is -2.65. The Morgan fingerprint density at radius 2 is 1.91 bits per heavy atom. The topological polar surface area (TPSA) is 92.7 Å². The van der Waals surface area contributed by atoms with Crippen molar-refractivity contribution >= 4 is 15.8 Å². The summed E-state index contributed by atoms with van der Waals surface area (Å²) in [7, 11) is -2.65. The molecule has 130 valence electrons. The Labute approximate surface area is 137 Å². The quantitative estimate of drug-likeness (QED) is 0.859. The average Bonchev–Trinajstić information content (AvgIpc) is 2.41. The zero-order valence-corrected chi connectivity index (χ0v) is 14.6. The third kappa shape index (κ3) is 7.99. The minimum Gasteiger partial charge on any atom is -0.491 e. The zero-order chi connectivity index (χ0) is 17.5. The Balaban J connectivity index is 0.000000277. The number of carbonyl (C=O) groups is 1. The SMILES string of the molecule is Cc1cc(CC(=O)O)ccc1OC(C)C.O=S1(=O)CCNCC1. The van der Waals surface area contributed by atoms with Gasteiger partial charge in [-0.2, -0.15) is 0 Å². The fourth-order valence-electron chi connectivity index (χ4n) is 2.06. The fraction of sp³-hybridized carbons (Fsp3) is 0.562. The molecule has 23 heavy (non-hydrogen) atoms. The van der Waals surface area contributed by atoms with Crippen molar-refractivity contribution in [2.24, 2.45) is 0 Å². The van der Waals surface area contributed by atoms with E-state index in [-0.39, 0.29) is 12.5 Å². The van der Waals surface area contributed by atoms with Crippen molar-refractivity contribution in [1.82, 2.24) is 5.32 Å². The van der Waals surface area contributed by atoms with Crippen LogP contribution in [0.3, 0.4) is 0 Å². The Bertz CT molecular complexity index is 613. The van der Waals surface area contributed by atoms with Crippen LogP contribution in [0.4, 0.5) is 0 Å². The standard InChI is InChI=1S/C12H16O3.C4H9NO2S/c1-8(2)15-11-5-4-10(6-9(11)3)7-12(13)14;6-8(7)3-1-5-2-4-8/h4-6,8H,7H2,1-3H3,(H,13,14);5H,1-4H2. The van der Waals surface area contributed by atoms with Gasteiger partial charge in [0.15, 0.2) is 9.84 Å². The molecular weight excluding hydrogens is 318 g/mol. The molecular formula is C16H25NO5S. The predicted octanol–water partition coefficient (Wildman–Crippen LogP) is 1.41. The minimum absolute atomic E-state index is 0.0583. The summed E-state index contributed by atoms with van der Waals surface area (Å²) >= 11 is 0. The van der Waals surface area contributed by atoms with Crippen molar-refractivity contribution in [1.29, 1.82) is 0 Å². The summed E-state index contributed by atoms with van der Waals surface area (Å²) in [5.41, 5.74) is 1.78. The lowest BCUT2D eigenvalue weighted by Gasteiger charge is -2.12. The van der Waals surface area contributed by atoms with Gasteiger partial charge in [0.2, 0.25) is 0 Å². The molecule has 1 aliphatic heterocycles. The Morgan fingerprint density at radius 1 is 1.30 bits per heavy atom. The number of carboxylic acids is 1. The van der Waals surface area contributed by atoms with Crippen LogP contribution in [0.1, 0.15) is 25.0 Å². The molecule has 0 amide bonds. The summed E-state index contributed by atoms with van der Waals surface area (Å²) in [5, 5.41) is 11.6. The van der Waals surface area contributed by atoms with Crippen molar-refractivity contribution in [2.45, 2.75) is 33.3 Å². The van der Waals surface area contributed by atoms with Crippen LogP contribution in [0.5, 0.6) is 5.75 Å². The average molecular weight is 343 g/mol. The second-order valence-electron chi connectivity index (χ2n) is 5.74. The second kappa shape index (κ2) is 8.88. The lowest BCUT2D eigenvalue weighted by Crippen LogP contribution is -2.35. The number of benzene rings is 1. The molecule has 1 aromatic carbocycles. The van der Waals surface area contributed by atoms with Crippen molar-refractivity contribution in [3.63, 3.8) is 0 Å². The van der Waals surface area contributed by atoms with Gasteiger partial charge < -0.3 is 15.2 Å². The third-order valence-electron chi connectivity index (χ3n) is 3.14. The highest BCUT2D eigenvalue weighted by atomic mass is 32.2. The molecule has 6 nitrogen and oxygen atoms in total. The number of carboxylic acid groups (broad SMARTS) is 1. The van der Waals surface area contributed by atoms with Crippen LogP contribution in [0.25, 0.3) is 0 Å². The molecule has 0 spiro atoms. The van der Waals surface area contributed by atoms with E-state index in [4.69, 9.17) is 9.84 Å². The number of rotatable bonds is 4. The molecule has 0 radical (unpaired) electrons. The molecule has 1 aliphatic rings. The molecule has 0 saturated carbocycles. The van der Waals surface area contributed by atoms with E-state index >= 15 is 0 Å². The predicted molar refractivity (Wildman–Crippen MR) is 89.8 cm³/mol. The molecule has 0 aliphatic carbocycles. The van der Waals surface area contributed by atoms with E-state index in [2.05, 4.69) is 5.32 Å². The van der Waals surface area contributed by atoms with Crippen LogP contribution in [0.15, 0.2) is 18.2 Å². The monoisotopic (exact) mass is 343 g/mol. The van der Waals surface area contributed by atoms with E-state index in [9.17, 15) is 13.2 Å². The molecule has 2 N–H and O–H groups in total. The molecule has 1 aromatic rings. The third-order valence-corrected chi connectivity index (χ3v) is 4.79. The highest BCUT2D eigenvalue weighted by molar-refractivity contribution is 7.91. The summed E-state index contributed by atoms with van der Waals surface area (Å²) < 4.78 is 26.8. The highest BCUT2D eigenvalue weighted by Gasteiger charge is 2.13. The van der Waals surface area contributed by atoms with Gasteiger partial charge in [-0.15, -0.1) is 0 Å². The van der Waals surface area contributed by atoms with Gasteiger partial charge in [-0.1, -0.05) is 12.1 Å². The van der Waals surface area contributed by atoms with Crippen LogP contribution in [0.2, 0.25) is 0 Å². The summed E-state index contributed by atoms with van der Waals surface area (Å²) in [4.78, 5) is 10.5. The van der Waals surface area contributed by atoms with Crippen LogP contribution < -0.4 is 10.1 Å². The molecule has 0 bridgehead atoms. The van der Waals surface area contributed by atoms with Crippen LogP contribution >= 0.6 is 0 Å². The summed E-state index contributed by atoms with van der Waals surface area (Å²) in [6.45, 7) is 7.10. The number of aryl methyl sites for hydroxylation is 1. The molecule has 0 aromatic heterocycles. The molecule has 0 unspecified atom stereocenters. The van der Waals surface area contributed by atoms with E-state index in [1.165, 1.54) is 0 Å². The smallest absolute Gasteiger partial charge is 0.307 e. The van der Waals surface area contributed by atoms with Gasteiger partial charge in [-0.3, -0.25) is 4.79 Å². The Kier molecular flexibility index (Phi) is 7.51. The van der Waals surface area contributed by atoms with Gasteiger partial charge in [0.25, 0.3) is 0 Å². The number of sulfone groups is 1. The maximum absolute atomic E-state index is 10.6. The summed E-state index contributed by atoms with van der Waals surface area (Å²) in [6.07, 6.45) is 0.192. The first-order valence-electron chi connectivity index (χ1n) is 7.59. The van der Waals surface area contributed by atoms with Crippen molar-refractivity contribution in [3.8, 4) is 5.75 Å². The van der Waals surface area contributed by atoms with Crippen LogP contribution in [-0.2, 0) is 21.1 Å². The maximum atomic E-state index is 10.6. The largest absolute Gasteiger partial charge is 0.491 e. The zero-order valence-electron chi connectivity index (χ0n) is 13.8. The van der Waals surface area contributed by atoms with E-state index in [1.807, 2.05) is 32.9 Å². The first kappa shape index (κ1) is 19.4. The van der Waals surface area contributed by atoms with Gasteiger partial charge in [0.05, 0.1) is 24.0 Å². The summed E-state index contributed by atoms with van der Waals surface area (Å²) in [6, 6.07) is 5.47. The van der Waals surface area contributed by atoms with Gasteiger partial charge in [-0.05, 0) is 38.0 Å². The van der Waals surface area contributed by atoms with Crippen molar-refractivity contribution in [3.05, 3.63) is 29.3 Å². The molecule has 1 heterocycles. The summed E-state index contributed by atoms with van der Waals surface area (Å²) in [5.74, 6) is 0.631. The fourth-order valence-corrected chi connectivity index (χ4v) is 3.18. The highest BCUT2D eigenvalue weighted by Crippen LogP contribution is 2.20. The lowest BCUT2D eigenvalue weighted by atomic mass is 10.1. The number of aliphatic carboxylic acids is 1. The molecule has 1 fully saturated rings. The molecule has 2 rings (SSSR count). The van der Waals surface area contributed by atoms with Crippen molar-refractivity contribution < 1.29 is 23.1 Å². The first-order valence-corrected chi connectivity index (χ1v) is 9.41. The van der Waals surface area contributed by atoms with Gasteiger partial charge in [0, 0.05) is 13.1 Å². The van der Waals surface area contributed by atoms with E-state index in [0.717, 1.165) is 16.9 Å². The van der Waals surface area contributed by atoms with Gasteiger partial charge in [-0.25, -0.2) is 8.42 Å². The van der Waals surface area contributed by atoms with E-state index in [0.29, 0.717) is 24.6 Å². The van der Waals surface area contributed by atoms with Crippen LogP contribution in [-0.4, -0.2) is 50.2 Å². The lowest BCUT2D eigenvalue weighted by molar-refractivity contribution is -0.136. The molecule has 0 atom stereocenters. The van der Waals surface area contributed by atoms with E-state index in [1.54, 1.807) is 6.07 Å². The Hall–Kier alpha value is -1.60.